The zero-order chi connectivity index (χ0) is 13.8. The number of hydrogen-bond acceptors (Lipinski definition) is 4. The number of esters is 1. The van der Waals surface area contributed by atoms with E-state index in [2.05, 4.69) is 15.4 Å². The van der Waals surface area contributed by atoms with Gasteiger partial charge in [-0.05, 0) is 38.0 Å². The predicted octanol–water partition coefficient (Wildman–Crippen LogP) is 2.01. The van der Waals surface area contributed by atoms with Gasteiger partial charge >= 0.3 is 5.97 Å². The first kappa shape index (κ1) is 13.4. The Morgan fingerprint density at radius 2 is 2.00 bits per heavy atom. The Morgan fingerprint density at radius 3 is 2.63 bits per heavy atom. The molecule has 1 unspecified atom stereocenters. The van der Waals surface area contributed by atoms with E-state index in [-0.39, 0.29) is 17.8 Å². The molecule has 2 N–H and O–H groups in total. The molecule has 0 saturated heterocycles. The van der Waals surface area contributed by atoms with Crippen LogP contribution in [0.25, 0.3) is 0 Å². The van der Waals surface area contributed by atoms with Crippen LogP contribution in [0.3, 0.4) is 0 Å². The maximum Gasteiger partial charge on any atom is 0.327 e. The minimum absolute atomic E-state index is 0.0677. The number of benzene rings is 1. The van der Waals surface area contributed by atoms with Crippen LogP contribution in [-0.4, -0.2) is 25.0 Å². The molecule has 102 valence electrons. The Balaban J connectivity index is 1.98. The van der Waals surface area contributed by atoms with Gasteiger partial charge in [-0.1, -0.05) is 6.07 Å². The fraction of sp³-hybridized carbons (Fsp3) is 0.429. The maximum absolute atomic E-state index is 11.7. The van der Waals surface area contributed by atoms with Gasteiger partial charge in [0.1, 0.15) is 6.04 Å². The smallest absolute Gasteiger partial charge is 0.327 e. The van der Waals surface area contributed by atoms with E-state index in [1.807, 2.05) is 18.2 Å². The summed E-state index contributed by atoms with van der Waals surface area (Å²) < 4.78 is 4.65. The van der Waals surface area contributed by atoms with Crippen molar-refractivity contribution in [1.82, 2.24) is 0 Å². The van der Waals surface area contributed by atoms with Crippen LogP contribution in [0, 0.1) is 5.92 Å². The Labute approximate surface area is 112 Å². The van der Waals surface area contributed by atoms with Gasteiger partial charge in [0, 0.05) is 17.3 Å². The molecule has 1 atom stereocenters. The molecule has 1 aliphatic rings. The van der Waals surface area contributed by atoms with Crippen molar-refractivity contribution in [3.63, 3.8) is 0 Å². The predicted molar refractivity (Wildman–Crippen MR) is 72.9 cm³/mol. The lowest BCUT2D eigenvalue weighted by Gasteiger charge is -2.14. The molecular weight excluding hydrogens is 244 g/mol. The summed E-state index contributed by atoms with van der Waals surface area (Å²) in [4.78, 5) is 23.0. The molecule has 19 heavy (non-hydrogen) atoms. The zero-order valence-corrected chi connectivity index (χ0v) is 11.1. The van der Waals surface area contributed by atoms with Crippen LogP contribution >= 0.6 is 0 Å². The molecule has 0 radical (unpaired) electrons. The van der Waals surface area contributed by atoms with Gasteiger partial charge < -0.3 is 15.4 Å². The third-order valence-corrected chi connectivity index (χ3v) is 3.02. The molecule has 0 spiro atoms. The quantitative estimate of drug-likeness (QED) is 0.796. The van der Waals surface area contributed by atoms with Crippen molar-refractivity contribution in [3.8, 4) is 0 Å². The van der Waals surface area contributed by atoms with Gasteiger partial charge in [0.05, 0.1) is 7.11 Å². The Hall–Kier alpha value is -2.04. The molecule has 1 aromatic carbocycles. The molecule has 1 aromatic rings. The summed E-state index contributed by atoms with van der Waals surface area (Å²) in [7, 11) is 1.35. The lowest BCUT2D eigenvalue weighted by Crippen LogP contribution is -2.27. The van der Waals surface area contributed by atoms with E-state index in [1.165, 1.54) is 7.11 Å². The Bertz CT molecular complexity index is 483. The summed E-state index contributed by atoms with van der Waals surface area (Å²) in [5.41, 5.74) is 1.51. The average molecular weight is 262 g/mol. The second-order valence-corrected chi connectivity index (χ2v) is 4.73. The molecule has 5 heteroatoms. The summed E-state index contributed by atoms with van der Waals surface area (Å²) in [5.74, 6) is -0.0869. The van der Waals surface area contributed by atoms with Crippen LogP contribution in [0.1, 0.15) is 19.8 Å². The topological polar surface area (TPSA) is 67.4 Å². The van der Waals surface area contributed by atoms with Gasteiger partial charge in [-0.3, -0.25) is 4.79 Å². The van der Waals surface area contributed by atoms with Gasteiger partial charge in [0.15, 0.2) is 0 Å². The summed E-state index contributed by atoms with van der Waals surface area (Å²) in [5, 5.41) is 5.89. The van der Waals surface area contributed by atoms with Crippen LogP contribution < -0.4 is 10.6 Å². The van der Waals surface area contributed by atoms with Crippen molar-refractivity contribution in [2.75, 3.05) is 17.7 Å². The molecule has 0 aromatic heterocycles. The number of hydrogen-bond donors (Lipinski definition) is 2. The maximum atomic E-state index is 11.7. The standard InChI is InChI=1S/C14H18N2O3/c1-9(14(18)19-2)15-11-4-3-5-12(8-11)16-13(17)10-6-7-10/h3-5,8-10,15H,6-7H2,1-2H3,(H,16,17). The van der Waals surface area contributed by atoms with Crippen LogP contribution in [0.5, 0.6) is 0 Å². The molecule has 2 rings (SSSR count). The summed E-state index contributed by atoms with van der Waals surface area (Å²) in [6.45, 7) is 1.72. The third-order valence-electron chi connectivity index (χ3n) is 3.02. The first-order chi connectivity index (χ1) is 9.10. The molecule has 1 amide bonds. The van der Waals surface area contributed by atoms with Crippen molar-refractivity contribution in [2.45, 2.75) is 25.8 Å². The van der Waals surface area contributed by atoms with Gasteiger partial charge in [-0.2, -0.15) is 0 Å². The number of carbonyl (C=O) groups excluding carboxylic acids is 2. The molecule has 0 aliphatic heterocycles. The normalized spacial score (nSPS) is 15.5. The van der Waals surface area contributed by atoms with E-state index in [4.69, 9.17) is 0 Å². The van der Waals surface area contributed by atoms with Crippen molar-refractivity contribution in [1.29, 1.82) is 0 Å². The van der Waals surface area contributed by atoms with Gasteiger partial charge in [-0.15, -0.1) is 0 Å². The number of rotatable bonds is 5. The summed E-state index contributed by atoms with van der Waals surface area (Å²) in [6.07, 6.45) is 1.95. The van der Waals surface area contributed by atoms with Crippen LogP contribution in [-0.2, 0) is 14.3 Å². The van der Waals surface area contributed by atoms with E-state index in [1.54, 1.807) is 13.0 Å². The zero-order valence-electron chi connectivity index (χ0n) is 11.1. The number of amides is 1. The fourth-order valence-electron chi connectivity index (χ4n) is 1.76. The molecule has 5 nitrogen and oxygen atoms in total. The van der Waals surface area contributed by atoms with E-state index in [0.29, 0.717) is 0 Å². The minimum Gasteiger partial charge on any atom is -0.467 e. The highest BCUT2D eigenvalue weighted by atomic mass is 16.5. The van der Waals surface area contributed by atoms with E-state index >= 15 is 0 Å². The SMILES string of the molecule is COC(=O)C(C)Nc1cccc(NC(=O)C2CC2)c1. The fourth-order valence-corrected chi connectivity index (χ4v) is 1.76. The molecule has 0 bridgehead atoms. The number of methoxy groups -OCH3 is 1. The number of ether oxygens (including phenoxy) is 1. The first-order valence-electron chi connectivity index (χ1n) is 6.35. The molecule has 1 fully saturated rings. The molecule has 0 heterocycles. The number of nitrogens with one attached hydrogen (secondary N) is 2. The first-order valence-corrected chi connectivity index (χ1v) is 6.35. The van der Waals surface area contributed by atoms with E-state index in [9.17, 15) is 9.59 Å². The minimum atomic E-state index is -0.431. The highest BCUT2D eigenvalue weighted by Gasteiger charge is 2.29. The Kier molecular flexibility index (Phi) is 4.04. The van der Waals surface area contributed by atoms with Gasteiger partial charge in [0.2, 0.25) is 5.91 Å². The van der Waals surface area contributed by atoms with Gasteiger partial charge in [-0.25, -0.2) is 4.79 Å². The summed E-state index contributed by atoms with van der Waals surface area (Å²) >= 11 is 0. The van der Waals surface area contributed by atoms with Crippen LogP contribution in [0.4, 0.5) is 11.4 Å². The lowest BCUT2D eigenvalue weighted by atomic mass is 10.2. The second kappa shape index (κ2) is 5.73. The largest absolute Gasteiger partial charge is 0.467 e. The molecule has 1 saturated carbocycles. The molecule has 1 aliphatic carbocycles. The van der Waals surface area contributed by atoms with Crippen molar-refractivity contribution in [3.05, 3.63) is 24.3 Å². The van der Waals surface area contributed by atoms with E-state index < -0.39 is 6.04 Å². The third kappa shape index (κ3) is 3.71. The highest BCUT2D eigenvalue weighted by molar-refractivity contribution is 5.94. The lowest BCUT2D eigenvalue weighted by molar-refractivity contribution is -0.141. The average Bonchev–Trinajstić information content (AvgIpc) is 3.22. The monoisotopic (exact) mass is 262 g/mol. The van der Waals surface area contributed by atoms with Crippen LogP contribution in [0.2, 0.25) is 0 Å². The number of anilines is 2. The van der Waals surface area contributed by atoms with Crippen LogP contribution in [0.15, 0.2) is 24.3 Å². The summed E-state index contributed by atoms with van der Waals surface area (Å²) in [6, 6.07) is 6.87. The van der Waals surface area contributed by atoms with Crippen molar-refractivity contribution >= 4 is 23.3 Å². The van der Waals surface area contributed by atoms with Crippen molar-refractivity contribution < 1.29 is 14.3 Å². The van der Waals surface area contributed by atoms with Crippen molar-refractivity contribution in [2.24, 2.45) is 5.92 Å². The number of carbonyl (C=O) groups is 2. The Morgan fingerprint density at radius 1 is 1.32 bits per heavy atom. The van der Waals surface area contributed by atoms with Gasteiger partial charge in [0.25, 0.3) is 0 Å². The van der Waals surface area contributed by atoms with E-state index in [0.717, 1.165) is 24.2 Å². The highest BCUT2D eigenvalue weighted by Crippen LogP contribution is 2.30. The second-order valence-electron chi connectivity index (χ2n) is 4.73. The molecular formula is C14H18N2O3.